The fraction of sp³-hybridized carbons (Fsp3) is 0.0667. The SMILES string of the molecule is N/C(=N\N=C/c1ccccc1)NN(Cc1ccccc1)N=O. The van der Waals surface area contributed by atoms with Crippen molar-refractivity contribution in [1.82, 2.24) is 10.5 Å². The van der Waals surface area contributed by atoms with Crippen LogP contribution >= 0.6 is 0 Å². The Morgan fingerprint density at radius 3 is 2.36 bits per heavy atom. The number of nitrogens with one attached hydrogen (secondary N) is 1. The molecule has 0 aliphatic carbocycles. The van der Waals surface area contributed by atoms with E-state index in [-0.39, 0.29) is 12.5 Å². The van der Waals surface area contributed by atoms with Crippen molar-refractivity contribution in [2.24, 2.45) is 21.2 Å². The predicted octanol–water partition coefficient (Wildman–Crippen LogP) is 2.02. The van der Waals surface area contributed by atoms with Crippen LogP contribution in [0.3, 0.4) is 0 Å². The molecule has 0 saturated heterocycles. The van der Waals surface area contributed by atoms with Crippen LogP contribution in [-0.2, 0) is 6.54 Å². The molecule has 2 aromatic rings. The topological polar surface area (TPSA) is 95.4 Å². The van der Waals surface area contributed by atoms with E-state index in [9.17, 15) is 4.91 Å². The van der Waals surface area contributed by atoms with Gasteiger partial charge in [-0.05, 0) is 11.1 Å². The minimum atomic E-state index is -0.0253. The first kappa shape index (κ1) is 15.2. The summed E-state index contributed by atoms with van der Waals surface area (Å²) in [5.74, 6) is -0.0253. The Balaban J connectivity index is 1.91. The van der Waals surface area contributed by atoms with Gasteiger partial charge in [-0.2, -0.15) is 10.2 Å². The van der Waals surface area contributed by atoms with Crippen LogP contribution in [0.2, 0.25) is 0 Å². The number of hydrogen-bond acceptors (Lipinski definition) is 4. The first-order valence-electron chi connectivity index (χ1n) is 6.61. The summed E-state index contributed by atoms with van der Waals surface area (Å²) in [5, 5.41) is 11.5. The molecule has 0 spiro atoms. The molecule has 2 rings (SSSR count). The normalized spacial score (nSPS) is 11.4. The molecule has 0 aromatic heterocycles. The van der Waals surface area contributed by atoms with Crippen LogP contribution in [0.15, 0.2) is 76.2 Å². The van der Waals surface area contributed by atoms with Gasteiger partial charge in [0, 0.05) is 0 Å². The van der Waals surface area contributed by atoms with Gasteiger partial charge in [-0.1, -0.05) is 60.7 Å². The number of nitrogens with two attached hydrogens (primary N) is 1. The second kappa shape index (κ2) is 8.15. The fourth-order valence-electron chi connectivity index (χ4n) is 1.70. The Labute approximate surface area is 128 Å². The van der Waals surface area contributed by atoms with E-state index >= 15 is 0 Å². The molecule has 0 amide bonds. The zero-order valence-electron chi connectivity index (χ0n) is 11.8. The van der Waals surface area contributed by atoms with Gasteiger partial charge in [0.2, 0.25) is 5.96 Å². The zero-order valence-corrected chi connectivity index (χ0v) is 11.8. The Kier molecular flexibility index (Phi) is 5.62. The van der Waals surface area contributed by atoms with Crippen LogP contribution < -0.4 is 11.2 Å². The number of benzene rings is 2. The summed E-state index contributed by atoms with van der Waals surface area (Å²) >= 11 is 0. The van der Waals surface area contributed by atoms with E-state index in [0.717, 1.165) is 16.2 Å². The van der Waals surface area contributed by atoms with Gasteiger partial charge in [0.05, 0.1) is 18.0 Å². The van der Waals surface area contributed by atoms with Crippen LogP contribution in [0, 0.1) is 4.91 Å². The number of nitroso groups, excluding NO2 is 1. The summed E-state index contributed by atoms with van der Waals surface area (Å²) in [6.45, 7) is 0.267. The summed E-state index contributed by atoms with van der Waals surface area (Å²) in [5.41, 5.74) is 10.0. The van der Waals surface area contributed by atoms with Crippen molar-refractivity contribution < 1.29 is 0 Å². The van der Waals surface area contributed by atoms with Crippen molar-refractivity contribution in [3.63, 3.8) is 0 Å². The standard InChI is InChI=1S/C15H16N6O/c16-15(18-17-11-13-7-3-1-4-8-13)19-21(20-22)12-14-9-5-2-6-10-14/h1-11H,12H2,(H3,16,18,19)/b17-11-. The number of hydrogen-bond donors (Lipinski definition) is 2. The maximum atomic E-state index is 10.8. The van der Waals surface area contributed by atoms with Crippen LogP contribution in [0.25, 0.3) is 0 Å². The molecule has 0 unspecified atom stereocenters. The molecule has 0 atom stereocenters. The molecule has 0 heterocycles. The highest BCUT2D eigenvalue weighted by molar-refractivity contribution is 5.81. The molecular formula is C15H16N6O. The lowest BCUT2D eigenvalue weighted by molar-refractivity contribution is 0.232. The van der Waals surface area contributed by atoms with Crippen molar-refractivity contribution in [3.05, 3.63) is 76.7 Å². The molecule has 7 heteroatoms. The van der Waals surface area contributed by atoms with E-state index in [0.29, 0.717) is 0 Å². The molecule has 7 nitrogen and oxygen atoms in total. The van der Waals surface area contributed by atoms with E-state index < -0.39 is 0 Å². The second-order valence-electron chi connectivity index (χ2n) is 4.38. The number of rotatable bonds is 6. The van der Waals surface area contributed by atoms with Gasteiger partial charge < -0.3 is 5.73 Å². The predicted molar refractivity (Wildman–Crippen MR) is 86.6 cm³/mol. The van der Waals surface area contributed by atoms with E-state index in [1.54, 1.807) is 6.21 Å². The van der Waals surface area contributed by atoms with E-state index in [2.05, 4.69) is 20.9 Å². The van der Waals surface area contributed by atoms with E-state index in [1.165, 1.54) is 0 Å². The summed E-state index contributed by atoms with van der Waals surface area (Å²) in [4.78, 5) is 10.8. The van der Waals surface area contributed by atoms with Crippen LogP contribution in [0.4, 0.5) is 0 Å². The fourth-order valence-corrected chi connectivity index (χ4v) is 1.70. The molecule has 0 fully saturated rings. The monoisotopic (exact) mass is 296 g/mol. The summed E-state index contributed by atoms with van der Waals surface area (Å²) in [7, 11) is 0. The Morgan fingerprint density at radius 2 is 1.73 bits per heavy atom. The van der Waals surface area contributed by atoms with Gasteiger partial charge in [-0.3, -0.25) is 0 Å². The minimum Gasteiger partial charge on any atom is -0.367 e. The average molecular weight is 296 g/mol. The first-order chi connectivity index (χ1) is 10.8. The van der Waals surface area contributed by atoms with Gasteiger partial charge in [-0.25, -0.2) is 5.43 Å². The third kappa shape index (κ3) is 5.04. The minimum absolute atomic E-state index is 0.0253. The van der Waals surface area contributed by atoms with Gasteiger partial charge in [0.25, 0.3) is 0 Å². The van der Waals surface area contributed by atoms with Crippen LogP contribution in [-0.4, -0.2) is 17.3 Å². The van der Waals surface area contributed by atoms with Gasteiger partial charge in [0.15, 0.2) is 0 Å². The summed E-state index contributed by atoms with van der Waals surface area (Å²) in [6.07, 6.45) is 1.56. The van der Waals surface area contributed by atoms with Crippen molar-refractivity contribution in [1.29, 1.82) is 0 Å². The lowest BCUT2D eigenvalue weighted by Crippen LogP contribution is -2.42. The Morgan fingerprint density at radius 1 is 1.09 bits per heavy atom. The summed E-state index contributed by atoms with van der Waals surface area (Å²) in [6, 6.07) is 18.9. The molecule has 3 N–H and O–H groups in total. The van der Waals surface area contributed by atoms with Gasteiger partial charge >= 0.3 is 0 Å². The molecule has 0 aliphatic rings. The lowest BCUT2D eigenvalue weighted by atomic mass is 10.2. The van der Waals surface area contributed by atoms with Crippen molar-refractivity contribution >= 4 is 12.2 Å². The highest BCUT2D eigenvalue weighted by atomic mass is 16.3. The maximum absolute atomic E-state index is 10.8. The van der Waals surface area contributed by atoms with Crippen molar-refractivity contribution in [3.8, 4) is 0 Å². The van der Waals surface area contributed by atoms with Gasteiger partial charge in [0.1, 0.15) is 0 Å². The number of hydrazine groups is 1. The number of nitrogens with zero attached hydrogens (tertiary/aromatic N) is 4. The molecule has 112 valence electrons. The first-order valence-corrected chi connectivity index (χ1v) is 6.61. The number of guanidine groups is 1. The highest BCUT2D eigenvalue weighted by Gasteiger charge is 2.04. The molecule has 0 radical (unpaired) electrons. The molecule has 0 saturated carbocycles. The van der Waals surface area contributed by atoms with Gasteiger partial charge in [-0.15, -0.1) is 10.0 Å². The van der Waals surface area contributed by atoms with Crippen LogP contribution in [0.1, 0.15) is 11.1 Å². The van der Waals surface area contributed by atoms with E-state index in [1.807, 2.05) is 60.7 Å². The third-order valence-electron chi connectivity index (χ3n) is 2.69. The largest absolute Gasteiger partial charge is 0.367 e. The van der Waals surface area contributed by atoms with Crippen molar-refractivity contribution in [2.45, 2.75) is 6.54 Å². The smallest absolute Gasteiger partial charge is 0.234 e. The Bertz CT molecular complexity index is 642. The quantitative estimate of drug-likeness (QED) is 0.369. The van der Waals surface area contributed by atoms with Crippen molar-refractivity contribution in [2.75, 3.05) is 0 Å². The maximum Gasteiger partial charge on any atom is 0.234 e. The third-order valence-corrected chi connectivity index (χ3v) is 2.69. The molecule has 0 bridgehead atoms. The van der Waals surface area contributed by atoms with E-state index in [4.69, 9.17) is 5.73 Å². The molecular weight excluding hydrogens is 280 g/mol. The molecule has 0 aliphatic heterocycles. The second-order valence-corrected chi connectivity index (χ2v) is 4.38. The molecule has 22 heavy (non-hydrogen) atoms. The Hall–Kier alpha value is -3.22. The highest BCUT2D eigenvalue weighted by Crippen LogP contribution is 2.02. The zero-order chi connectivity index (χ0) is 15.6. The van der Waals surface area contributed by atoms with Crippen LogP contribution in [0.5, 0.6) is 0 Å². The lowest BCUT2D eigenvalue weighted by Gasteiger charge is -2.15. The molecule has 2 aromatic carbocycles. The average Bonchev–Trinajstić information content (AvgIpc) is 2.56. The summed E-state index contributed by atoms with van der Waals surface area (Å²) < 4.78 is 0.